The minimum atomic E-state index is -0.251. The van der Waals surface area contributed by atoms with Crippen LogP contribution in [0.2, 0.25) is 0 Å². The number of hydrogen-bond acceptors (Lipinski definition) is 4. The fraction of sp³-hybridized carbons (Fsp3) is 0.393. The van der Waals surface area contributed by atoms with E-state index in [4.69, 9.17) is 4.74 Å². The van der Waals surface area contributed by atoms with Gasteiger partial charge < -0.3 is 4.74 Å². The van der Waals surface area contributed by atoms with Crippen LogP contribution in [0, 0.1) is 0 Å². The summed E-state index contributed by atoms with van der Waals surface area (Å²) in [5.74, 6) is -0.412. The van der Waals surface area contributed by atoms with Crippen LogP contribution in [0.5, 0.6) is 0 Å². The van der Waals surface area contributed by atoms with Gasteiger partial charge in [-0.05, 0) is 83.9 Å². The first-order chi connectivity index (χ1) is 15.2. The van der Waals surface area contributed by atoms with Crippen molar-refractivity contribution in [3.8, 4) is 0 Å². The van der Waals surface area contributed by atoms with E-state index in [1.807, 2.05) is 18.2 Å². The molecule has 4 heteroatoms. The molecule has 0 spiro atoms. The largest absolute Gasteiger partial charge is 0.466 e. The first kappa shape index (κ1) is 25.3. The van der Waals surface area contributed by atoms with E-state index in [-0.39, 0.29) is 17.5 Å². The molecular formula is C28H34O4. The molecule has 1 aliphatic carbocycles. The van der Waals surface area contributed by atoms with Crippen LogP contribution >= 0.6 is 0 Å². The molecule has 32 heavy (non-hydrogen) atoms. The number of hydrogen-bond donors (Lipinski definition) is 0. The minimum absolute atomic E-state index is 0.0639. The number of benzene rings is 1. The summed E-state index contributed by atoms with van der Waals surface area (Å²) in [4.78, 5) is 36.4. The maximum atomic E-state index is 12.4. The van der Waals surface area contributed by atoms with Gasteiger partial charge in [-0.25, -0.2) is 4.79 Å². The lowest BCUT2D eigenvalue weighted by Crippen LogP contribution is -2.15. The summed E-state index contributed by atoms with van der Waals surface area (Å²) in [6.07, 6.45) is 12.6. The summed E-state index contributed by atoms with van der Waals surface area (Å²) in [5, 5.41) is 0. The molecule has 0 saturated heterocycles. The molecule has 1 aromatic carbocycles. The number of rotatable bonds is 10. The normalized spacial score (nSPS) is 14.1. The van der Waals surface area contributed by atoms with Crippen LogP contribution in [0.1, 0.15) is 86.1 Å². The van der Waals surface area contributed by atoms with Gasteiger partial charge in [0.05, 0.1) is 7.11 Å². The van der Waals surface area contributed by atoms with Gasteiger partial charge in [-0.15, -0.1) is 0 Å². The van der Waals surface area contributed by atoms with Crippen molar-refractivity contribution in [3.05, 3.63) is 81.5 Å². The molecule has 0 fully saturated rings. The fourth-order valence-corrected chi connectivity index (χ4v) is 3.70. The summed E-state index contributed by atoms with van der Waals surface area (Å²) < 4.78 is 4.91. The molecule has 2 rings (SSSR count). The van der Waals surface area contributed by atoms with Gasteiger partial charge in [0.1, 0.15) is 0 Å². The minimum Gasteiger partial charge on any atom is -0.466 e. The number of Topliss-reactive ketones (excluding diaryl/α,β-unsaturated/α-hetero) is 1. The van der Waals surface area contributed by atoms with Crippen molar-refractivity contribution in [2.45, 2.75) is 66.2 Å². The molecule has 1 aliphatic rings. The van der Waals surface area contributed by atoms with Gasteiger partial charge in [0.15, 0.2) is 11.6 Å². The Bertz CT molecular complexity index is 998. The van der Waals surface area contributed by atoms with Crippen molar-refractivity contribution in [2.24, 2.45) is 0 Å². The van der Waals surface area contributed by atoms with Gasteiger partial charge in [-0.1, -0.05) is 41.5 Å². The zero-order valence-electron chi connectivity index (χ0n) is 19.9. The summed E-state index contributed by atoms with van der Waals surface area (Å²) in [5.41, 5.74) is 5.80. The van der Waals surface area contributed by atoms with Gasteiger partial charge in [-0.3, -0.25) is 9.59 Å². The molecule has 0 atom stereocenters. The third-order valence-electron chi connectivity index (χ3n) is 5.57. The third kappa shape index (κ3) is 7.30. The Kier molecular flexibility index (Phi) is 9.58. The van der Waals surface area contributed by atoms with Gasteiger partial charge in [0.25, 0.3) is 0 Å². The van der Waals surface area contributed by atoms with Gasteiger partial charge in [0.2, 0.25) is 0 Å². The molecule has 0 aromatic heterocycles. The zero-order valence-corrected chi connectivity index (χ0v) is 19.9. The Morgan fingerprint density at radius 1 is 0.938 bits per heavy atom. The highest BCUT2D eigenvalue weighted by atomic mass is 16.5. The average molecular weight is 435 g/mol. The number of ether oxygens (including phenoxy) is 1. The molecule has 0 aliphatic heterocycles. The lowest BCUT2D eigenvalue weighted by atomic mass is 9.88. The second-order valence-corrected chi connectivity index (χ2v) is 8.57. The molecule has 0 saturated carbocycles. The molecule has 0 radical (unpaired) electrons. The number of ketones is 2. The third-order valence-corrected chi connectivity index (χ3v) is 5.57. The topological polar surface area (TPSA) is 60.4 Å². The highest BCUT2D eigenvalue weighted by Crippen LogP contribution is 2.23. The molecule has 170 valence electrons. The monoisotopic (exact) mass is 434 g/mol. The van der Waals surface area contributed by atoms with Gasteiger partial charge >= 0.3 is 5.97 Å². The van der Waals surface area contributed by atoms with Crippen molar-refractivity contribution < 1.29 is 19.1 Å². The van der Waals surface area contributed by atoms with Gasteiger partial charge in [0, 0.05) is 22.3 Å². The molecule has 0 amide bonds. The molecular weight excluding hydrogens is 400 g/mol. The van der Waals surface area contributed by atoms with Crippen molar-refractivity contribution in [1.82, 2.24) is 0 Å². The second-order valence-electron chi connectivity index (χ2n) is 8.57. The van der Waals surface area contributed by atoms with Crippen LogP contribution in [0.15, 0.2) is 64.8 Å². The van der Waals surface area contributed by atoms with Crippen LogP contribution in [0.4, 0.5) is 0 Å². The highest BCUT2D eigenvalue weighted by molar-refractivity contribution is 6.24. The standard InChI is InChI=1S/C28H34O4/c1-19(2)9-6-13-23(28(31)32-5)14-8-11-20(3)10-7-12-22-15-16-24-25(18-22)27(30)21(4)17-26(24)29/h9-10,14-18H,6-8,11-13H2,1-5H3/b20-10+,23-14+. The van der Waals surface area contributed by atoms with E-state index in [1.165, 1.54) is 24.3 Å². The number of carbonyl (C=O) groups excluding carboxylic acids is 3. The first-order valence-corrected chi connectivity index (χ1v) is 11.2. The second kappa shape index (κ2) is 12.1. The lowest BCUT2D eigenvalue weighted by Gasteiger charge is -2.13. The molecule has 4 nitrogen and oxygen atoms in total. The lowest BCUT2D eigenvalue weighted by molar-refractivity contribution is -0.136. The van der Waals surface area contributed by atoms with E-state index >= 15 is 0 Å². The van der Waals surface area contributed by atoms with E-state index in [0.717, 1.165) is 43.2 Å². The van der Waals surface area contributed by atoms with Crippen molar-refractivity contribution in [2.75, 3.05) is 7.11 Å². The first-order valence-electron chi connectivity index (χ1n) is 11.2. The van der Waals surface area contributed by atoms with Crippen molar-refractivity contribution >= 4 is 17.5 Å². The highest BCUT2D eigenvalue weighted by Gasteiger charge is 2.23. The quantitative estimate of drug-likeness (QED) is 0.239. The average Bonchev–Trinajstić information content (AvgIpc) is 2.75. The van der Waals surface area contributed by atoms with E-state index in [0.29, 0.717) is 23.1 Å². The SMILES string of the molecule is COC(=O)/C(=C/CC/C(C)=C/CCc1ccc2c(c1)C(=O)C(C)=CC2=O)CCC=C(C)C. The zero-order chi connectivity index (χ0) is 23.7. The molecule has 0 bridgehead atoms. The van der Waals surface area contributed by atoms with Crippen LogP contribution in [-0.4, -0.2) is 24.6 Å². The summed E-state index contributed by atoms with van der Waals surface area (Å²) in [7, 11) is 1.42. The van der Waals surface area contributed by atoms with Crippen LogP contribution in [0.3, 0.4) is 0 Å². The van der Waals surface area contributed by atoms with Crippen molar-refractivity contribution in [1.29, 1.82) is 0 Å². The molecule has 0 heterocycles. The number of esters is 1. The van der Waals surface area contributed by atoms with E-state index in [2.05, 4.69) is 32.9 Å². The smallest absolute Gasteiger partial charge is 0.333 e. The molecule has 1 aromatic rings. The predicted molar refractivity (Wildman–Crippen MR) is 129 cm³/mol. The Balaban J connectivity index is 1.91. The summed E-state index contributed by atoms with van der Waals surface area (Å²) in [6, 6.07) is 5.55. The Morgan fingerprint density at radius 2 is 1.66 bits per heavy atom. The van der Waals surface area contributed by atoms with E-state index in [1.54, 1.807) is 13.0 Å². The number of methoxy groups -OCH3 is 1. The number of carbonyl (C=O) groups is 3. The fourth-order valence-electron chi connectivity index (χ4n) is 3.70. The maximum Gasteiger partial charge on any atom is 0.333 e. The Morgan fingerprint density at radius 3 is 2.34 bits per heavy atom. The van der Waals surface area contributed by atoms with E-state index < -0.39 is 0 Å². The van der Waals surface area contributed by atoms with Crippen molar-refractivity contribution in [3.63, 3.8) is 0 Å². The number of allylic oxidation sites excluding steroid dienone is 7. The van der Waals surface area contributed by atoms with E-state index in [9.17, 15) is 14.4 Å². The van der Waals surface area contributed by atoms with Gasteiger partial charge in [-0.2, -0.15) is 0 Å². The number of aryl methyl sites for hydroxylation is 1. The molecule has 0 unspecified atom stereocenters. The number of fused-ring (bicyclic) bond motifs is 1. The van der Waals surface area contributed by atoms with Crippen LogP contribution < -0.4 is 0 Å². The van der Waals surface area contributed by atoms with Crippen LogP contribution in [-0.2, 0) is 16.0 Å². The van der Waals surface area contributed by atoms with Crippen LogP contribution in [0.25, 0.3) is 0 Å². The molecule has 0 N–H and O–H groups in total. The Labute approximate surface area is 191 Å². The summed E-state index contributed by atoms with van der Waals surface area (Å²) >= 11 is 0. The predicted octanol–water partition coefficient (Wildman–Crippen LogP) is 6.52. The Hall–Kier alpha value is -3.01. The summed E-state index contributed by atoms with van der Waals surface area (Å²) in [6.45, 7) is 7.88. The maximum absolute atomic E-state index is 12.4.